The van der Waals surface area contributed by atoms with E-state index in [-0.39, 0.29) is 18.1 Å². The third kappa shape index (κ3) is 3.75. The molecular weight excluding hydrogens is 250 g/mol. The van der Waals surface area contributed by atoms with Crippen LogP contribution in [0.3, 0.4) is 0 Å². The van der Waals surface area contributed by atoms with Crippen molar-refractivity contribution in [2.24, 2.45) is 16.7 Å². The fraction of sp³-hybridized carbons (Fsp3) is 1.00. The van der Waals surface area contributed by atoms with Crippen LogP contribution in [0.4, 0.5) is 0 Å². The van der Waals surface area contributed by atoms with Crippen molar-refractivity contribution >= 4 is 0 Å². The lowest BCUT2D eigenvalue weighted by Gasteiger charge is -2.61. The smallest absolute Gasteiger partial charge is 0.0620 e. The Kier molecular flexibility index (Phi) is 4.27. The van der Waals surface area contributed by atoms with Crippen molar-refractivity contribution in [1.29, 1.82) is 0 Å². The van der Waals surface area contributed by atoms with Crippen molar-refractivity contribution in [3.63, 3.8) is 0 Å². The Balaban J connectivity index is 1.72. The molecule has 20 heavy (non-hydrogen) atoms. The van der Waals surface area contributed by atoms with Crippen LogP contribution in [-0.4, -0.2) is 34.5 Å². The summed E-state index contributed by atoms with van der Waals surface area (Å²) in [5.74, 6) is 0.478. The average Bonchev–Trinajstić information content (AvgIpc) is 2.13. The molecule has 118 valence electrons. The van der Waals surface area contributed by atoms with Gasteiger partial charge in [0.15, 0.2) is 0 Å². The molecule has 0 saturated heterocycles. The SMILES string of the molecule is CC(C)(C)CC(CO)NC1CC2(C1)CC(C(C)(C)O)C2. The monoisotopic (exact) mass is 283 g/mol. The van der Waals surface area contributed by atoms with Gasteiger partial charge in [0.1, 0.15) is 0 Å². The Morgan fingerprint density at radius 1 is 1.10 bits per heavy atom. The highest BCUT2D eigenvalue weighted by Gasteiger charge is 2.55. The van der Waals surface area contributed by atoms with Crippen molar-refractivity contribution in [3.8, 4) is 0 Å². The molecule has 2 rings (SSSR count). The largest absolute Gasteiger partial charge is 0.395 e. The minimum atomic E-state index is -0.510. The second kappa shape index (κ2) is 5.26. The van der Waals surface area contributed by atoms with Crippen molar-refractivity contribution in [3.05, 3.63) is 0 Å². The highest BCUT2D eigenvalue weighted by molar-refractivity contribution is 5.08. The zero-order valence-electron chi connectivity index (χ0n) is 13.9. The topological polar surface area (TPSA) is 52.5 Å². The maximum Gasteiger partial charge on any atom is 0.0620 e. The Bertz CT molecular complexity index is 326. The van der Waals surface area contributed by atoms with Gasteiger partial charge in [-0.25, -0.2) is 0 Å². The fourth-order valence-electron chi connectivity index (χ4n) is 4.17. The van der Waals surface area contributed by atoms with Crippen molar-refractivity contribution < 1.29 is 10.2 Å². The first-order valence-electron chi connectivity index (χ1n) is 8.12. The van der Waals surface area contributed by atoms with E-state index in [4.69, 9.17) is 0 Å². The van der Waals surface area contributed by atoms with E-state index in [1.165, 1.54) is 25.7 Å². The minimum absolute atomic E-state index is 0.225. The van der Waals surface area contributed by atoms with Crippen molar-refractivity contribution in [1.82, 2.24) is 5.32 Å². The minimum Gasteiger partial charge on any atom is -0.395 e. The highest BCUT2D eigenvalue weighted by Crippen LogP contribution is 2.61. The van der Waals surface area contributed by atoms with Crippen molar-refractivity contribution in [2.45, 2.75) is 84.4 Å². The predicted molar refractivity (Wildman–Crippen MR) is 82.6 cm³/mol. The van der Waals surface area contributed by atoms with E-state index in [0.29, 0.717) is 17.4 Å². The molecule has 0 radical (unpaired) electrons. The van der Waals surface area contributed by atoms with Crippen LogP contribution in [0.25, 0.3) is 0 Å². The lowest BCUT2D eigenvalue weighted by Crippen LogP contribution is -2.60. The van der Waals surface area contributed by atoms with E-state index in [1.807, 2.05) is 13.8 Å². The van der Waals surface area contributed by atoms with Crippen LogP contribution in [0.1, 0.15) is 66.7 Å². The second-order valence-corrected chi connectivity index (χ2v) is 9.17. The lowest BCUT2D eigenvalue weighted by atomic mass is 9.47. The molecule has 1 spiro atoms. The Hall–Kier alpha value is -0.120. The number of aliphatic hydroxyl groups excluding tert-OH is 1. The summed E-state index contributed by atoms with van der Waals surface area (Å²) in [6.07, 6.45) is 5.81. The van der Waals surface area contributed by atoms with Gasteiger partial charge in [-0.05, 0) is 62.7 Å². The van der Waals surface area contributed by atoms with Crippen LogP contribution < -0.4 is 5.32 Å². The number of hydrogen-bond donors (Lipinski definition) is 3. The summed E-state index contributed by atoms with van der Waals surface area (Å²) >= 11 is 0. The zero-order valence-corrected chi connectivity index (χ0v) is 13.9. The molecule has 3 nitrogen and oxygen atoms in total. The number of aliphatic hydroxyl groups is 2. The molecule has 0 aromatic rings. The van der Waals surface area contributed by atoms with E-state index in [1.54, 1.807) is 0 Å². The van der Waals surface area contributed by atoms with E-state index in [9.17, 15) is 10.2 Å². The standard InChI is InChI=1S/C17H33NO2/c1-15(2,3)8-14(11-19)18-13-9-17(10-13)6-12(7-17)16(4,5)20/h12-14,18-20H,6-11H2,1-5H3. The molecule has 1 unspecified atom stereocenters. The van der Waals surface area contributed by atoms with Crippen LogP contribution in [0.15, 0.2) is 0 Å². The number of nitrogens with one attached hydrogen (secondary N) is 1. The van der Waals surface area contributed by atoms with Gasteiger partial charge in [0.05, 0.1) is 12.2 Å². The van der Waals surface area contributed by atoms with Gasteiger partial charge in [-0.3, -0.25) is 0 Å². The summed E-state index contributed by atoms with van der Waals surface area (Å²) in [6.45, 7) is 10.8. The molecule has 0 amide bonds. The fourth-order valence-corrected chi connectivity index (χ4v) is 4.17. The summed E-state index contributed by atoms with van der Waals surface area (Å²) in [5, 5.41) is 23.2. The van der Waals surface area contributed by atoms with E-state index in [2.05, 4.69) is 26.1 Å². The summed E-state index contributed by atoms with van der Waals surface area (Å²) in [7, 11) is 0. The van der Waals surface area contributed by atoms with E-state index in [0.717, 1.165) is 6.42 Å². The molecule has 2 aliphatic rings. The first-order chi connectivity index (χ1) is 9.03. The molecule has 2 saturated carbocycles. The van der Waals surface area contributed by atoms with Crippen LogP contribution in [0.5, 0.6) is 0 Å². The van der Waals surface area contributed by atoms with Gasteiger partial charge in [0, 0.05) is 12.1 Å². The van der Waals surface area contributed by atoms with Gasteiger partial charge in [-0.15, -0.1) is 0 Å². The molecule has 0 aromatic carbocycles. The molecular formula is C17H33NO2. The highest BCUT2D eigenvalue weighted by atomic mass is 16.3. The first kappa shape index (κ1) is 16.3. The van der Waals surface area contributed by atoms with Gasteiger partial charge in [0.2, 0.25) is 0 Å². The molecule has 0 aromatic heterocycles. The first-order valence-corrected chi connectivity index (χ1v) is 8.12. The van der Waals surface area contributed by atoms with Crippen LogP contribution >= 0.6 is 0 Å². The summed E-state index contributed by atoms with van der Waals surface area (Å²) < 4.78 is 0. The molecule has 3 N–H and O–H groups in total. The molecule has 0 heterocycles. The van der Waals surface area contributed by atoms with Gasteiger partial charge in [0.25, 0.3) is 0 Å². The number of hydrogen-bond acceptors (Lipinski definition) is 3. The molecule has 1 atom stereocenters. The molecule has 3 heteroatoms. The number of rotatable bonds is 5. The lowest BCUT2D eigenvalue weighted by molar-refractivity contribution is -0.130. The summed E-state index contributed by atoms with van der Waals surface area (Å²) in [6, 6.07) is 0.791. The maximum atomic E-state index is 10.0. The Morgan fingerprint density at radius 3 is 2.05 bits per heavy atom. The summed E-state index contributed by atoms with van der Waals surface area (Å²) in [5.41, 5.74) is 0.248. The predicted octanol–water partition coefficient (Wildman–Crippen LogP) is 2.70. The Morgan fingerprint density at radius 2 is 1.65 bits per heavy atom. The third-order valence-electron chi connectivity index (χ3n) is 5.27. The summed E-state index contributed by atoms with van der Waals surface area (Å²) in [4.78, 5) is 0. The third-order valence-corrected chi connectivity index (χ3v) is 5.27. The van der Waals surface area contributed by atoms with E-state index >= 15 is 0 Å². The van der Waals surface area contributed by atoms with Crippen LogP contribution in [-0.2, 0) is 0 Å². The van der Waals surface area contributed by atoms with Crippen LogP contribution in [0.2, 0.25) is 0 Å². The van der Waals surface area contributed by atoms with Gasteiger partial charge in [-0.2, -0.15) is 0 Å². The van der Waals surface area contributed by atoms with Gasteiger partial charge in [-0.1, -0.05) is 20.8 Å². The van der Waals surface area contributed by atoms with Gasteiger partial charge < -0.3 is 15.5 Å². The molecule has 2 aliphatic carbocycles. The molecule has 2 fully saturated rings. The average molecular weight is 283 g/mol. The quantitative estimate of drug-likeness (QED) is 0.727. The molecule has 0 bridgehead atoms. The second-order valence-electron chi connectivity index (χ2n) is 9.17. The van der Waals surface area contributed by atoms with Crippen molar-refractivity contribution in [2.75, 3.05) is 6.61 Å². The van der Waals surface area contributed by atoms with Crippen LogP contribution in [0, 0.1) is 16.7 Å². The van der Waals surface area contributed by atoms with Gasteiger partial charge >= 0.3 is 0 Å². The Labute approximate surface area is 124 Å². The maximum absolute atomic E-state index is 10.0. The zero-order chi connectivity index (χ0) is 15.2. The molecule has 0 aliphatic heterocycles. The normalized spacial score (nSPS) is 35.5. The van der Waals surface area contributed by atoms with E-state index < -0.39 is 5.60 Å².